The van der Waals surface area contributed by atoms with E-state index in [1.165, 1.54) is 6.07 Å². The second-order valence-corrected chi connectivity index (χ2v) is 5.43. The molecule has 21 heavy (non-hydrogen) atoms. The maximum absolute atomic E-state index is 13.7. The molecule has 0 radical (unpaired) electrons. The summed E-state index contributed by atoms with van der Waals surface area (Å²) in [6, 6.07) is 6.26. The summed E-state index contributed by atoms with van der Waals surface area (Å²) in [4.78, 5) is 14.3. The number of benzene rings is 1. The average molecular weight is 291 g/mol. The third kappa shape index (κ3) is 2.65. The molecule has 1 atom stereocenters. The number of fused-ring (bicyclic) bond motifs is 1. The summed E-state index contributed by atoms with van der Waals surface area (Å²) >= 11 is 0. The fourth-order valence-electron chi connectivity index (χ4n) is 2.99. The van der Waals surface area contributed by atoms with E-state index in [2.05, 4.69) is 0 Å². The van der Waals surface area contributed by atoms with Crippen molar-refractivity contribution in [2.24, 2.45) is 0 Å². The van der Waals surface area contributed by atoms with Gasteiger partial charge < -0.3 is 14.4 Å². The molecule has 1 fully saturated rings. The number of halogens is 1. The van der Waals surface area contributed by atoms with Gasteiger partial charge >= 0.3 is 0 Å². The van der Waals surface area contributed by atoms with Crippen LogP contribution in [0.4, 0.5) is 4.39 Å². The lowest BCUT2D eigenvalue weighted by Crippen LogP contribution is -2.44. The zero-order chi connectivity index (χ0) is 14.8. The summed E-state index contributed by atoms with van der Waals surface area (Å²) in [5.74, 6) is -0.513. The van der Waals surface area contributed by atoms with Crippen LogP contribution in [0, 0.1) is 5.82 Å². The zero-order valence-electron chi connectivity index (χ0n) is 11.7. The molecule has 0 bridgehead atoms. The molecule has 112 valence electrons. The van der Waals surface area contributed by atoms with Crippen LogP contribution in [-0.2, 0) is 0 Å². The van der Waals surface area contributed by atoms with Crippen LogP contribution >= 0.6 is 0 Å². The molecule has 1 aromatic carbocycles. The molecule has 0 spiro atoms. The number of carbonyl (C=O) groups is 1. The Morgan fingerprint density at radius 2 is 2.29 bits per heavy atom. The number of hydrogen-bond acceptors (Lipinski definition) is 3. The number of likely N-dealkylation sites (tertiary alicyclic amines) is 1. The molecule has 4 nitrogen and oxygen atoms in total. The smallest absolute Gasteiger partial charge is 0.289 e. The second-order valence-electron chi connectivity index (χ2n) is 5.43. The number of carbonyl (C=O) groups excluding carboxylic acids is 1. The first-order valence-corrected chi connectivity index (χ1v) is 7.30. The van der Waals surface area contributed by atoms with E-state index in [0.717, 1.165) is 19.3 Å². The minimum Gasteiger partial charge on any atom is -0.448 e. The first kappa shape index (κ1) is 14.1. The van der Waals surface area contributed by atoms with Gasteiger partial charge in [-0.2, -0.15) is 0 Å². The van der Waals surface area contributed by atoms with Crippen LogP contribution in [0.3, 0.4) is 0 Å². The molecule has 1 aliphatic heterocycles. The van der Waals surface area contributed by atoms with Gasteiger partial charge in [-0.15, -0.1) is 0 Å². The highest BCUT2D eigenvalue weighted by Gasteiger charge is 2.29. The largest absolute Gasteiger partial charge is 0.448 e. The van der Waals surface area contributed by atoms with E-state index < -0.39 is 5.82 Å². The predicted octanol–water partition coefficient (Wildman–Crippen LogP) is 2.95. The van der Waals surface area contributed by atoms with Crippen LogP contribution in [0.1, 0.15) is 36.2 Å². The summed E-state index contributed by atoms with van der Waals surface area (Å²) in [5, 5.41) is 9.72. The fraction of sp³-hybridized carbons (Fsp3) is 0.438. The highest BCUT2D eigenvalue weighted by atomic mass is 19.1. The number of furan rings is 1. The van der Waals surface area contributed by atoms with E-state index >= 15 is 0 Å². The van der Waals surface area contributed by atoms with Gasteiger partial charge in [0.1, 0.15) is 0 Å². The highest BCUT2D eigenvalue weighted by molar-refractivity contribution is 5.96. The molecule has 1 saturated heterocycles. The monoisotopic (exact) mass is 291 g/mol. The Kier molecular flexibility index (Phi) is 3.92. The van der Waals surface area contributed by atoms with Crippen molar-refractivity contribution >= 4 is 16.9 Å². The van der Waals surface area contributed by atoms with Crippen LogP contribution in [0.15, 0.2) is 28.7 Å². The normalized spacial score (nSPS) is 19.1. The Balaban J connectivity index is 1.90. The topological polar surface area (TPSA) is 53.7 Å². The van der Waals surface area contributed by atoms with Crippen molar-refractivity contribution in [2.45, 2.75) is 31.7 Å². The number of piperidine rings is 1. The van der Waals surface area contributed by atoms with Gasteiger partial charge in [-0.1, -0.05) is 12.1 Å². The standard InChI is InChI=1S/C16H18FNO3/c17-13-6-3-4-11-10-14(21-15(11)13)16(20)18-8-2-1-5-12(18)7-9-19/h3-4,6,10,12,19H,1-2,5,7-9H2. The number of para-hydroxylation sites is 1. The van der Waals surface area contributed by atoms with E-state index in [1.54, 1.807) is 23.1 Å². The summed E-state index contributed by atoms with van der Waals surface area (Å²) in [5.41, 5.74) is 0.122. The Morgan fingerprint density at radius 1 is 1.43 bits per heavy atom. The van der Waals surface area contributed by atoms with Gasteiger partial charge in [-0.25, -0.2) is 4.39 Å². The maximum Gasteiger partial charge on any atom is 0.289 e. The molecular formula is C16H18FNO3. The summed E-state index contributed by atoms with van der Waals surface area (Å²) in [7, 11) is 0. The van der Waals surface area contributed by atoms with Gasteiger partial charge in [0.2, 0.25) is 0 Å². The average Bonchev–Trinajstić information content (AvgIpc) is 2.93. The van der Waals surface area contributed by atoms with Crippen molar-refractivity contribution in [2.75, 3.05) is 13.2 Å². The highest BCUT2D eigenvalue weighted by Crippen LogP contribution is 2.26. The number of aliphatic hydroxyl groups excluding tert-OH is 1. The van der Waals surface area contributed by atoms with Crippen LogP contribution < -0.4 is 0 Å². The van der Waals surface area contributed by atoms with Gasteiger partial charge in [-0.3, -0.25) is 4.79 Å². The van der Waals surface area contributed by atoms with Gasteiger partial charge in [0.25, 0.3) is 5.91 Å². The van der Waals surface area contributed by atoms with Crippen LogP contribution in [0.5, 0.6) is 0 Å². The van der Waals surface area contributed by atoms with Crippen LogP contribution in [0.25, 0.3) is 11.0 Å². The molecular weight excluding hydrogens is 273 g/mol. The van der Waals surface area contributed by atoms with Crippen molar-refractivity contribution in [1.82, 2.24) is 4.90 Å². The van der Waals surface area contributed by atoms with Crippen molar-refractivity contribution in [3.8, 4) is 0 Å². The Bertz CT molecular complexity index is 650. The minimum absolute atomic E-state index is 0.0364. The van der Waals surface area contributed by atoms with E-state index in [9.17, 15) is 9.18 Å². The molecule has 1 aliphatic rings. The summed E-state index contributed by atoms with van der Waals surface area (Å²) in [6.45, 7) is 0.715. The van der Waals surface area contributed by atoms with E-state index in [4.69, 9.17) is 9.52 Å². The molecule has 0 saturated carbocycles. The van der Waals surface area contributed by atoms with Crippen molar-refractivity contribution in [1.29, 1.82) is 0 Å². The first-order chi connectivity index (χ1) is 10.2. The molecule has 1 N–H and O–H groups in total. The number of hydrogen-bond donors (Lipinski definition) is 1. The Labute approximate surface area is 122 Å². The van der Waals surface area contributed by atoms with E-state index in [-0.39, 0.29) is 29.9 Å². The van der Waals surface area contributed by atoms with Crippen molar-refractivity contribution in [3.05, 3.63) is 35.8 Å². The fourth-order valence-corrected chi connectivity index (χ4v) is 2.99. The van der Waals surface area contributed by atoms with Gasteiger partial charge in [0, 0.05) is 24.6 Å². The van der Waals surface area contributed by atoms with Crippen LogP contribution in [-0.4, -0.2) is 35.1 Å². The summed E-state index contributed by atoms with van der Waals surface area (Å²) in [6.07, 6.45) is 3.46. The lowest BCUT2D eigenvalue weighted by Gasteiger charge is -2.34. The first-order valence-electron chi connectivity index (χ1n) is 7.30. The lowest BCUT2D eigenvalue weighted by molar-refractivity contribution is 0.0545. The number of aliphatic hydroxyl groups is 1. The van der Waals surface area contributed by atoms with E-state index in [1.807, 2.05) is 0 Å². The second kappa shape index (κ2) is 5.85. The number of nitrogens with zero attached hydrogens (tertiary/aromatic N) is 1. The number of amides is 1. The molecule has 5 heteroatoms. The van der Waals surface area contributed by atoms with Gasteiger partial charge in [-0.05, 0) is 37.8 Å². The molecule has 2 aromatic rings. The maximum atomic E-state index is 13.7. The molecule has 1 amide bonds. The van der Waals surface area contributed by atoms with Crippen molar-refractivity contribution < 1.29 is 18.7 Å². The van der Waals surface area contributed by atoms with Crippen molar-refractivity contribution in [3.63, 3.8) is 0 Å². The molecule has 3 rings (SSSR count). The van der Waals surface area contributed by atoms with E-state index in [0.29, 0.717) is 18.4 Å². The quantitative estimate of drug-likeness (QED) is 0.946. The Morgan fingerprint density at radius 3 is 3.05 bits per heavy atom. The zero-order valence-corrected chi connectivity index (χ0v) is 11.7. The van der Waals surface area contributed by atoms with Gasteiger partial charge in [0.05, 0.1) is 0 Å². The van der Waals surface area contributed by atoms with Gasteiger partial charge in [0.15, 0.2) is 17.2 Å². The molecule has 1 unspecified atom stereocenters. The SMILES string of the molecule is O=C(c1cc2cccc(F)c2o1)N1CCCCC1CCO. The Hall–Kier alpha value is -1.88. The molecule has 0 aliphatic carbocycles. The lowest BCUT2D eigenvalue weighted by atomic mass is 9.99. The minimum atomic E-state index is -0.461. The molecule has 2 heterocycles. The predicted molar refractivity (Wildman–Crippen MR) is 76.6 cm³/mol. The third-order valence-electron chi connectivity index (χ3n) is 4.06. The van der Waals surface area contributed by atoms with Crippen LogP contribution in [0.2, 0.25) is 0 Å². The number of rotatable bonds is 3. The summed E-state index contributed by atoms with van der Waals surface area (Å²) < 4.78 is 19.1. The third-order valence-corrected chi connectivity index (χ3v) is 4.06. The molecule has 1 aromatic heterocycles.